The van der Waals surface area contributed by atoms with Crippen LogP contribution in [0.5, 0.6) is 0 Å². The minimum atomic E-state index is 0.287. The summed E-state index contributed by atoms with van der Waals surface area (Å²) in [7, 11) is 0. The van der Waals surface area contributed by atoms with Gasteiger partial charge in [0.1, 0.15) is 0 Å². The van der Waals surface area contributed by atoms with Gasteiger partial charge in [-0.1, -0.05) is 44.2 Å². The molecule has 2 aliphatic rings. The maximum Gasteiger partial charge on any atom is 0.0390 e. The monoisotopic (exact) mass is 272 g/mol. The fourth-order valence-electron chi connectivity index (χ4n) is 4.21. The first-order chi connectivity index (χ1) is 9.29. The lowest BCUT2D eigenvalue weighted by Gasteiger charge is -2.52. The predicted octanol–water partition coefficient (Wildman–Crippen LogP) is 3.38. The number of benzene rings is 1. The molecule has 2 fully saturated rings. The SMILES string of the molecule is CC1(C)CN(C(C)(C)C)[C@H]2CN(Cc3ccccc3)[C@H]21. The zero-order valence-electron chi connectivity index (χ0n) is 13.6. The Balaban J connectivity index is 1.74. The molecule has 0 bridgehead atoms. The Hall–Kier alpha value is -0.860. The van der Waals surface area contributed by atoms with E-state index in [4.69, 9.17) is 0 Å². The standard InChI is InChI=1S/C18H28N2/c1-17(2,3)20-13-18(4,5)16-15(20)12-19(16)11-14-9-7-6-8-10-14/h6-10,15-16H,11-13H2,1-5H3/t15-,16+/m0/s1. The van der Waals surface area contributed by atoms with Gasteiger partial charge in [-0.15, -0.1) is 0 Å². The summed E-state index contributed by atoms with van der Waals surface area (Å²) in [5.74, 6) is 0. The molecule has 2 aliphatic heterocycles. The second-order valence-corrected chi connectivity index (χ2v) is 8.21. The molecule has 20 heavy (non-hydrogen) atoms. The molecule has 0 saturated carbocycles. The van der Waals surface area contributed by atoms with E-state index in [1.807, 2.05) is 0 Å². The predicted molar refractivity (Wildman–Crippen MR) is 84.7 cm³/mol. The largest absolute Gasteiger partial charge is 0.292 e. The Morgan fingerprint density at radius 2 is 1.80 bits per heavy atom. The minimum absolute atomic E-state index is 0.287. The number of likely N-dealkylation sites (tertiary alicyclic amines) is 2. The molecule has 2 heterocycles. The number of hydrogen-bond donors (Lipinski definition) is 0. The second kappa shape index (κ2) is 4.57. The van der Waals surface area contributed by atoms with Crippen molar-refractivity contribution in [3.8, 4) is 0 Å². The Kier molecular flexibility index (Phi) is 3.22. The van der Waals surface area contributed by atoms with Gasteiger partial charge in [0, 0.05) is 37.3 Å². The number of rotatable bonds is 2. The third-order valence-corrected chi connectivity index (χ3v) is 5.05. The lowest BCUT2D eigenvalue weighted by Crippen LogP contribution is -2.65. The normalized spacial score (nSPS) is 30.1. The van der Waals surface area contributed by atoms with Crippen molar-refractivity contribution in [2.75, 3.05) is 13.1 Å². The van der Waals surface area contributed by atoms with Crippen LogP contribution in [0.4, 0.5) is 0 Å². The Labute approximate surface area is 123 Å². The first kappa shape index (κ1) is 14.1. The molecule has 3 rings (SSSR count). The van der Waals surface area contributed by atoms with E-state index < -0.39 is 0 Å². The van der Waals surface area contributed by atoms with Crippen LogP contribution in [-0.2, 0) is 6.54 Å². The van der Waals surface area contributed by atoms with Crippen LogP contribution < -0.4 is 0 Å². The van der Waals surface area contributed by atoms with Gasteiger partial charge < -0.3 is 0 Å². The van der Waals surface area contributed by atoms with Gasteiger partial charge in [-0.05, 0) is 31.7 Å². The van der Waals surface area contributed by atoms with Crippen molar-refractivity contribution < 1.29 is 0 Å². The van der Waals surface area contributed by atoms with E-state index in [1.165, 1.54) is 18.7 Å². The lowest BCUT2D eigenvalue weighted by atomic mass is 9.78. The number of nitrogens with zero attached hydrogens (tertiary/aromatic N) is 2. The van der Waals surface area contributed by atoms with E-state index in [0.29, 0.717) is 11.5 Å². The first-order valence-corrected chi connectivity index (χ1v) is 7.84. The summed E-state index contributed by atoms with van der Waals surface area (Å²) in [6, 6.07) is 12.3. The van der Waals surface area contributed by atoms with Gasteiger partial charge >= 0.3 is 0 Å². The average Bonchev–Trinajstić information content (AvgIpc) is 2.53. The molecule has 110 valence electrons. The van der Waals surface area contributed by atoms with Crippen LogP contribution in [0.3, 0.4) is 0 Å². The zero-order valence-corrected chi connectivity index (χ0v) is 13.6. The molecule has 1 aromatic rings. The van der Waals surface area contributed by atoms with Crippen LogP contribution in [0, 0.1) is 5.41 Å². The van der Waals surface area contributed by atoms with Crippen LogP contribution >= 0.6 is 0 Å². The van der Waals surface area contributed by atoms with E-state index in [2.05, 4.69) is 74.8 Å². The second-order valence-electron chi connectivity index (χ2n) is 8.21. The highest BCUT2D eigenvalue weighted by Gasteiger charge is 2.58. The highest BCUT2D eigenvalue weighted by Crippen LogP contribution is 2.47. The van der Waals surface area contributed by atoms with E-state index in [1.54, 1.807) is 0 Å². The topological polar surface area (TPSA) is 6.48 Å². The maximum absolute atomic E-state index is 2.72. The summed E-state index contributed by atoms with van der Waals surface area (Å²) in [5.41, 5.74) is 2.12. The van der Waals surface area contributed by atoms with Crippen molar-refractivity contribution in [1.29, 1.82) is 0 Å². The molecular formula is C18H28N2. The summed E-state index contributed by atoms with van der Waals surface area (Å²) in [5, 5.41) is 0. The molecule has 0 radical (unpaired) electrons. The van der Waals surface area contributed by atoms with E-state index in [-0.39, 0.29) is 5.54 Å². The molecule has 0 unspecified atom stereocenters. The third-order valence-electron chi connectivity index (χ3n) is 5.05. The summed E-state index contributed by atoms with van der Waals surface area (Å²) in [6.07, 6.45) is 0. The summed E-state index contributed by atoms with van der Waals surface area (Å²) in [4.78, 5) is 5.39. The fraction of sp³-hybridized carbons (Fsp3) is 0.667. The van der Waals surface area contributed by atoms with Crippen molar-refractivity contribution >= 4 is 0 Å². The number of fused-ring (bicyclic) bond motifs is 1. The van der Waals surface area contributed by atoms with Crippen molar-refractivity contribution in [3.63, 3.8) is 0 Å². The van der Waals surface area contributed by atoms with Crippen molar-refractivity contribution in [2.45, 2.75) is 58.8 Å². The maximum atomic E-state index is 2.72. The van der Waals surface area contributed by atoms with Crippen LogP contribution in [0.2, 0.25) is 0 Å². The minimum Gasteiger partial charge on any atom is -0.292 e. The zero-order chi connectivity index (χ0) is 14.5. The third kappa shape index (κ3) is 2.29. The fourth-order valence-corrected chi connectivity index (χ4v) is 4.21. The molecule has 1 aromatic carbocycles. The molecule has 2 atom stereocenters. The molecule has 0 N–H and O–H groups in total. The van der Waals surface area contributed by atoms with Crippen LogP contribution in [0.15, 0.2) is 30.3 Å². The summed E-state index contributed by atoms with van der Waals surface area (Å²) >= 11 is 0. The molecule has 0 aromatic heterocycles. The van der Waals surface area contributed by atoms with E-state index >= 15 is 0 Å². The van der Waals surface area contributed by atoms with Crippen LogP contribution in [-0.4, -0.2) is 40.5 Å². The van der Waals surface area contributed by atoms with Crippen molar-refractivity contribution in [2.24, 2.45) is 5.41 Å². The van der Waals surface area contributed by atoms with E-state index in [9.17, 15) is 0 Å². The van der Waals surface area contributed by atoms with Gasteiger partial charge in [0.2, 0.25) is 0 Å². The van der Waals surface area contributed by atoms with Gasteiger partial charge in [0.15, 0.2) is 0 Å². The van der Waals surface area contributed by atoms with Gasteiger partial charge in [-0.25, -0.2) is 0 Å². The molecule has 2 saturated heterocycles. The van der Waals surface area contributed by atoms with Gasteiger partial charge in [0.05, 0.1) is 0 Å². The molecule has 0 spiro atoms. The summed E-state index contributed by atoms with van der Waals surface area (Å²) in [6.45, 7) is 15.5. The lowest BCUT2D eigenvalue weighted by molar-refractivity contribution is -0.0332. The van der Waals surface area contributed by atoms with Crippen molar-refractivity contribution in [1.82, 2.24) is 9.80 Å². The van der Waals surface area contributed by atoms with Crippen molar-refractivity contribution in [3.05, 3.63) is 35.9 Å². The molecule has 0 aliphatic carbocycles. The molecular weight excluding hydrogens is 244 g/mol. The molecule has 2 nitrogen and oxygen atoms in total. The van der Waals surface area contributed by atoms with Crippen LogP contribution in [0.25, 0.3) is 0 Å². The van der Waals surface area contributed by atoms with Gasteiger partial charge in [-0.2, -0.15) is 0 Å². The van der Waals surface area contributed by atoms with Crippen LogP contribution in [0.1, 0.15) is 40.2 Å². The Morgan fingerprint density at radius 1 is 1.15 bits per heavy atom. The number of hydrogen-bond acceptors (Lipinski definition) is 2. The smallest absolute Gasteiger partial charge is 0.0390 e. The first-order valence-electron chi connectivity index (χ1n) is 7.84. The Morgan fingerprint density at radius 3 is 2.40 bits per heavy atom. The quantitative estimate of drug-likeness (QED) is 0.814. The summed E-state index contributed by atoms with van der Waals surface area (Å²) < 4.78 is 0. The Bertz CT molecular complexity index is 472. The van der Waals surface area contributed by atoms with Gasteiger partial charge in [-0.3, -0.25) is 9.80 Å². The van der Waals surface area contributed by atoms with Gasteiger partial charge in [0.25, 0.3) is 0 Å². The molecule has 2 heteroatoms. The highest BCUT2D eigenvalue weighted by molar-refractivity contribution is 5.19. The average molecular weight is 272 g/mol. The van der Waals surface area contributed by atoms with E-state index in [0.717, 1.165) is 12.6 Å². The molecule has 0 amide bonds. The highest BCUT2D eigenvalue weighted by atomic mass is 15.4.